The van der Waals surface area contributed by atoms with Crippen LogP contribution in [0.3, 0.4) is 0 Å². The third-order valence-electron chi connectivity index (χ3n) is 4.20. The third-order valence-corrected chi connectivity index (χ3v) is 5.31. The Bertz CT molecular complexity index is 788. The van der Waals surface area contributed by atoms with E-state index in [1.807, 2.05) is 24.3 Å². The highest BCUT2D eigenvalue weighted by atomic mass is 32.1. The quantitative estimate of drug-likeness (QED) is 0.402. The van der Waals surface area contributed by atoms with Crippen LogP contribution in [0.2, 0.25) is 0 Å². The van der Waals surface area contributed by atoms with Crippen molar-refractivity contribution in [1.82, 2.24) is 0 Å². The van der Waals surface area contributed by atoms with E-state index in [4.69, 9.17) is 5.11 Å². The van der Waals surface area contributed by atoms with E-state index in [-0.39, 0.29) is 30.6 Å². The minimum Gasteiger partial charge on any atom is -0.481 e. The van der Waals surface area contributed by atoms with E-state index in [1.165, 1.54) is 0 Å². The number of rotatable bonds is 9. The number of hydrogen-bond acceptors (Lipinski definition) is 5. The van der Waals surface area contributed by atoms with Crippen LogP contribution in [0.1, 0.15) is 42.3 Å². The van der Waals surface area contributed by atoms with Gasteiger partial charge < -0.3 is 10.2 Å². The molecule has 0 bridgehead atoms. The first-order chi connectivity index (χ1) is 11.8. The molecule has 7 heteroatoms. The van der Waals surface area contributed by atoms with Crippen molar-refractivity contribution >= 4 is 44.9 Å². The molecule has 0 aliphatic carbocycles. The van der Waals surface area contributed by atoms with Crippen LogP contribution < -0.4 is 0 Å². The summed E-state index contributed by atoms with van der Waals surface area (Å²) < 4.78 is 0.833. The Morgan fingerprint density at radius 2 is 1.76 bits per heavy atom. The lowest BCUT2D eigenvalue weighted by atomic mass is 9.74. The normalized spacial score (nSPS) is 13.3. The number of Topliss-reactive ketones (excluding diaryl/α,β-unsaturated/α-hetero) is 2. The first-order valence-electron chi connectivity index (χ1n) is 7.78. The Morgan fingerprint density at radius 1 is 1.08 bits per heavy atom. The predicted molar refractivity (Wildman–Crippen MR) is 93.0 cm³/mol. The fourth-order valence-corrected chi connectivity index (χ4v) is 3.86. The number of thiophene rings is 1. The zero-order valence-corrected chi connectivity index (χ0v) is 14.5. The van der Waals surface area contributed by atoms with E-state index in [0.29, 0.717) is 0 Å². The Kier molecular flexibility index (Phi) is 5.69. The van der Waals surface area contributed by atoms with E-state index < -0.39 is 28.9 Å². The molecule has 25 heavy (non-hydrogen) atoms. The number of aliphatic carboxylic acids is 2. The first kappa shape index (κ1) is 18.8. The minimum absolute atomic E-state index is 0.134. The number of carbonyl (C=O) groups is 4. The molecule has 0 saturated heterocycles. The van der Waals surface area contributed by atoms with Crippen LogP contribution in [0.5, 0.6) is 0 Å². The van der Waals surface area contributed by atoms with E-state index in [2.05, 4.69) is 0 Å². The third kappa shape index (κ3) is 3.76. The van der Waals surface area contributed by atoms with Gasteiger partial charge in [0.05, 0.1) is 4.88 Å². The fraction of sp³-hybridized carbons (Fsp3) is 0.333. The van der Waals surface area contributed by atoms with Crippen molar-refractivity contribution in [3.8, 4) is 0 Å². The lowest BCUT2D eigenvalue weighted by Gasteiger charge is -2.24. The number of carbonyl (C=O) groups excluding carboxylic acids is 2. The van der Waals surface area contributed by atoms with Gasteiger partial charge in [0.25, 0.3) is 0 Å². The fourth-order valence-electron chi connectivity index (χ4n) is 2.77. The minimum atomic E-state index is -2.17. The molecule has 2 N–H and O–H groups in total. The Hall–Kier alpha value is -2.54. The highest BCUT2D eigenvalue weighted by molar-refractivity contribution is 7.21. The van der Waals surface area contributed by atoms with Crippen molar-refractivity contribution in [2.45, 2.75) is 32.6 Å². The van der Waals surface area contributed by atoms with E-state index in [1.54, 1.807) is 6.07 Å². The van der Waals surface area contributed by atoms with Gasteiger partial charge in [-0.15, -0.1) is 11.3 Å². The summed E-state index contributed by atoms with van der Waals surface area (Å²) in [6, 6.07) is 8.85. The summed E-state index contributed by atoms with van der Waals surface area (Å²) in [6.45, 7) is 1.09. The SMILES string of the molecule is CC(=O)C(CCCCC(=O)O)(C(=O)O)C(=O)c1cc2ccccc2s1. The van der Waals surface area contributed by atoms with Gasteiger partial charge in [-0.25, -0.2) is 0 Å². The molecule has 1 aromatic heterocycles. The number of carboxylic acids is 2. The maximum absolute atomic E-state index is 12.9. The molecule has 1 atom stereocenters. The molecule has 1 unspecified atom stereocenters. The number of fused-ring (bicyclic) bond motifs is 1. The lowest BCUT2D eigenvalue weighted by molar-refractivity contribution is -0.151. The van der Waals surface area contributed by atoms with Crippen molar-refractivity contribution in [1.29, 1.82) is 0 Å². The highest BCUT2D eigenvalue weighted by Crippen LogP contribution is 2.36. The van der Waals surface area contributed by atoms with Gasteiger partial charge in [0, 0.05) is 11.1 Å². The van der Waals surface area contributed by atoms with Crippen LogP contribution in [0.4, 0.5) is 0 Å². The molecule has 2 aromatic rings. The van der Waals surface area contributed by atoms with Crippen LogP contribution in [0.25, 0.3) is 10.1 Å². The largest absolute Gasteiger partial charge is 0.481 e. The second-order valence-corrected chi connectivity index (χ2v) is 6.93. The summed E-state index contributed by atoms with van der Waals surface area (Å²) in [4.78, 5) is 47.8. The molecule has 2 rings (SSSR count). The van der Waals surface area contributed by atoms with Gasteiger partial charge >= 0.3 is 11.9 Å². The summed E-state index contributed by atoms with van der Waals surface area (Å²) in [5.41, 5.74) is -2.17. The monoisotopic (exact) mass is 362 g/mol. The number of carboxylic acid groups (broad SMARTS) is 2. The van der Waals surface area contributed by atoms with Crippen LogP contribution in [0, 0.1) is 5.41 Å². The molecule has 0 spiro atoms. The summed E-state index contributed by atoms with van der Waals surface area (Å²) >= 11 is 1.15. The molecule has 0 aliphatic rings. The molecule has 0 fully saturated rings. The Balaban J connectivity index is 2.36. The summed E-state index contributed by atoms with van der Waals surface area (Å²) in [5.74, 6) is -3.96. The van der Waals surface area contributed by atoms with Gasteiger partial charge in [0.1, 0.15) is 0 Å². The second-order valence-electron chi connectivity index (χ2n) is 5.85. The molecule has 6 nitrogen and oxygen atoms in total. The van der Waals surface area contributed by atoms with Crippen molar-refractivity contribution in [3.05, 3.63) is 35.2 Å². The van der Waals surface area contributed by atoms with Crippen molar-refractivity contribution in [2.75, 3.05) is 0 Å². The molecule has 132 valence electrons. The highest BCUT2D eigenvalue weighted by Gasteiger charge is 2.50. The maximum atomic E-state index is 12.9. The van der Waals surface area contributed by atoms with Crippen molar-refractivity contribution in [3.63, 3.8) is 0 Å². The molecular weight excluding hydrogens is 344 g/mol. The van der Waals surface area contributed by atoms with E-state index in [0.717, 1.165) is 28.3 Å². The number of ketones is 2. The van der Waals surface area contributed by atoms with Crippen LogP contribution in [-0.4, -0.2) is 33.7 Å². The maximum Gasteiger partial charge on any atom is 0.325 e. The van der Waals surface area contributed by atoms with E-state index >= 15 is 0 Å². The topological polar surface area (TPSA) is 109 Å². The summed E-state index contributed by atoms with van der Waals surface area (Å²) in [7, 11) is 0. The lowest BCUT2D eigenvalue weighted by Crippen LogP contribution is -2.45. The standard InChI is InChI=1S/C18H18O6S/c1-11(19)18(17(23)24,9-5-4-8-15(20)21)16(22)14-10-12-6-2-3-7-13(12)25-14/h2-3,6-7,10H,4-5,8-9H2,1H3,(H,20,21)(H,23,24). The molecule has 0 saturated carbocycles. The zero-order valence-electron chi connectivity index (χ0n) is 13.7. The molecule has 0 radical (unpaired) electrons. The summed E-state index contributed by atoms with van der Waals surface area (Å²) in [6.07, 6.45) is 0.0227. The van der Waals surface area contributed by atoms with Crippen LogP contribution in [0.15, 0.2) is 30.3 Å². The second kappa shape index (κ2) is 7.57. The number of unbranched alkanes of at least 4 members (excludes halogenated alkanes) is 1. The molecular formula is C18H18O6S. The van der Waals surface area contributed by atoms with Gasteiger partial charge in [0.2, 0.25) is 0 Å². The van der Waals surface area contributed by atoms with E-state index in [9.17, 15) is 24.3 Å². The Labute approximate surface area is 148 Å². The zero-order chi connectivity index (χ0) is 18.6. The van der Waals surface area contributed by atoms with Crippen molar-refractivity contribution < 1.29 is 29.4 Å². The molecule has 1 heterocycles. The van der Waals surface area contributed by atoms with Gasteiger partial charge in [-0.2, -0.15) is 0 Å². The molecule has 0 aliphatic heterocycles. The van der Waals surface area contributed by atoms with Gasteiger partial charge in [-0.05, 0) is 37.3 Å². The molecule has 1 aromatic carbocycles. The predicted octanol–water partition coefficient (Wildman–Crippen LogP) is 3.39. The first-order valence-corrected chi connectivity index (χ1v) is 8.60. The van der Waals surface area contributed by atoms with Crippen molar-refractivity contribution in [2.24, 2.45) is 5.41 Å². The average Bonchev–Trinajstić information content (AvgIpc) is 2.97. The van der Waals surface area contributed by atoms with Gasteiger partial charge in [0.15, 0.2) is 17.0 Å². The van der Waals surface area contributed by atoms with Crippen LogP contribution >= 0.6 is 11.3 Å². The number of benzene rings is 1. The smallest absolute Gasteiger partial charge is 0.325 e. The van der Waals surface area contributed by atoms with Gasteiger partial charge in [-0.1, -0.05) is 24.6 Å². The average molecular weight is 362 g/mol. The Morgan fingerprint density at radius 3 is 2.32 bits per heavy atom. The molecule has 0 amide bonds. The number of hydrogen-bond donors (Lipinski definition) is 2. The van der Waals surface area contributed by atoms with Gasteiger partial charge in [-0.3, -0.25) is 19.2 Å². The van der Waals surface area contributed by atoms with Crippen LogP contribution in [-0.2, 0) is 14.4 Å². The summed E-state index contributed by atoms with van der Waals surface area (Å²) in [5, 5.41) is 19.1.